The van der Waals surface area contributed by atoms with Crippen LogP contribution in [0.5, 0.6) is 0 Å². The van der Waals surface area contributed by atoms with Crippen LogP contribution in [0.25, 0.3) is 0 Å². The molecule has 0 aliphatic carbocycles. The van der Waals surface area contributed by atoms with E-state index in [0.717, 1.165) is 6.20 Å². The summed E-state index contributed by atoms with van der Waals surface area (Å²) in [6.07, 6.45) is 3.38. The summed E-state index contributed by atoms with van der Waals surface area (Å²) in [7, 11) is 0. The Balaban J connectivity index is 2.42. The van der Waals surface area contributed by atoms with Crippen molar-refractivity contribution in [3.05, 3.63) is 40.5 Å². The SMILES string of the molecule is CCC(c1ccco1)n1ncc([N+](=O)[O-])c1N. The Morgan fingerprint density at radius 1 is 1.71 bits per heavy atom. The van der Waals surface area contributed by atoms with Crippen molar-refractivity contribution < 1.29 is 9.34 Å². The molecule has 0 bridgehead atoms. The maximum Gasteiger partial charge on any atom is 0.330 e. The molecule has 2 rings (SSSR count). The molecule has 2 aromatic heterocycles. The normalized spacial score (nSPS) is 12.5. The van der Waals surface area contributed by atoms with E-state index in [9.17, 15) is 10.1 Å². The smallest absolute Gasteiger partial charge is 0.330 e. The molecular weight excluding hydrogens is 224 g/mol. The summed E-state index contributed by atoms with van der Waals surface area (Å²) in [6.45, 7) is 1.93. The summed E-state index contributed by atoms with van der Waals surface area (Å²) in [5.41, 5.74) is 5.52. The number of anilines is 1. The van der Waals surface area contributed by atoms with Crippen molar-refractivity contribution >= 4 is 11.5 Å². The van der Waals surface area contributed by atoms with Gasteiger partial charge in [-0.3, -0.25) is 10.1 Å². The van der Waals surface area contributed by atoms with Crippen molar-refractivity contribution in [3.8, 4) is 0 Å². The van der Waals surface area contributed by atoms with Crippen LogP contribution in [-0.4, -0.2) is 14.7 Å². The third kappa shape index (κ3) is 1.86. The summed E-state index contributed by atoms with van der Waals surface area (Å²) >= 11 is 0. The molecule has 0 fully saturated rings. The number of rotatable bonds is 4. The molecule has 1 atom stereocenters. The standard InChI is InChI=1S/C10H12N4O3/c1-2-7(9-4-3-5-17-9)13-10(11)8(6-12-13)14(15)16/h3-7H,2,11H2,1H3. The largest absolute Gasteiger partial charge is 0.467 e. The van der Waals surface area contributed by atoms with Gasteiger partial charge in [0.25, 0.3) is 0 Å². The number of hydrogen-bond acceptors (Lipinski definition) is 5. The van der Waals surface area contributed by atoms with E-state index in [-0.39, 0.29) is 17.5 Å². The topological polar surface area (TPSA) is 100 Å². The van der Waals surface area contributed by atoms with Gasteiger partial charge >= 0.3 is 5.69 Å². The summed E-state index contributed by atoms with van der Waals surface area (Å²) in [6, 6.07) is 3.33. The number of nitrogens with two attached hydrogens (primary N) is 1. The van der Waals surface area contributed by atoms with E-state index in [1.807, 2.05) is 6.92 Å². The molecule has 0 radical (unpaired) electrons. The van der Waals surface area contributed by atoms with Crippen molar-refractivity contribution in [1.82, 2.24) is 9.78 Å². The summed E-state index contributed by atoms with van der Waals surface area (Å²) in [5, 5.41) is 14.6. The van der Waals surface area contributed by atoms with E-state index in [4.69, 9.17) is 10.2 Å². The fraction of sp³-hybridized carbons (Fsp3) is 0.300. The van der Waals surface area contributed by atoms with Gasteiger partial charge in [0.15, 0.2) is 0 Å². The molecule has 2 heterocycles. The van der Waals surface area contributed by atoms with E-state index >= 15 is 0 Å². The van der Waals surface area contributed by atoms with Crippen molar-refractivity contribution in [2.75, 3.05) is 5.73 Å². The van der Waals surface area contributed by atoms with Crippen LogP contribution < -0.4 is 5.73 Å². The van der Waals surface area contributed by atoms with Gasteiger partial charge in [-0.05, 0) is 18.6 Å². The molecule has 0 saturated carbocycles. The van der Waals surface area contributed by atoms with Crippen LogP contribution in [0.1, 0.15) is 25.1 Å². The van der Waals surface area contributed by atoms with Crippen molar-refractivity contribution in [2.24, 2.45) is 0 Å². The Bertz CT molecular complexity index is 518. The first kappa shape index (κ1) is 11.2. The second-order valence-corrected chi connectivity index (χ2v) is 3.56. The zero-order valence-corrected chi connectivity index (χ0v) is 9.24. The number of nitrogens with zero attached hydrogens (tertiary/aromatic N) is 3. The molecule has 1 unspecified atom stereocenters. The van der Waals surface area contributed by atoms with Gasteiger partial charge in [-0.25, -0.2) is 4.68 Å². The van der Waals surface area contributed by atoms with Crippen LogP contribution in [0.15, 0.2) is 29.0 Å². The van der Waals surface area contributed by atoms with Gasteiger partial charge in [0.2, 0.25) is 5.82 Å². The minimum atomic E-state index is -0.548. The lowest BCUT2D eigenvalue weighted by Gasteiger charge is -2.13. The molecule has 2 aromatic rings. The highest BCUT2D eigenvalue weighted by atomic mass is 16.6. The van der Waals surface area contributed by atoms with E-state index in [2.05, 4.69) is 5.10 Å². The molecule has 7 nitrogen and oxygen atoms in total. The van der Waals surface area contributed by atoms with E-state index in [0.29, 0.717) is 12.2 Å². The molecule has 90 valence electrons. The first-order valence-corrected chi connectivity index (χ1v) is 5.16. The van der Waals surface area contributed by atoms with Crippen LogP contribution in [-0.2, 0) is 0 Å². The second-order valence-electron chi connectivity index (χ2n) is 3.56. The van der Waals surface area contributed by atoms with Gasteiger partial charge in [0.1, 0.15) is 18.0 Å². The summed E-state index contributed by atoms with van der Waals surface area (Å²) < 4.78 is 6.69. The predicted molar refractivity (Wildman–Crippen MR) is 60.4 cm³/mol. The molecule has 0 amide bonds. The lowest BCUT2D eigenvalue weighted by atomic mass is 10.2. The molecular formula is C10H12N4O3. The number of furan rings is 1. The van der Waals surface area contributed by atoms with E-state index in [1.165, 1.54) is 4.68 Å². The Morgan fingerprint density at radius 3 is 2.94 bits per heavy atom. The highest BCUT2D eigenvalue weighted by Crippen LogP contribution is 2.29. The van der Waals surface area contributed by atoms with E-state index < -0.39 is 4.92 Å². The fourth-order valence-electron chi connectivity index (χ4n) is 1.73. The molecule has 0 saturated heterocycles. The van der Waals surface area contributed by atoms with Gasteiger partial charge in [0.05, 0.1) is 11.2 Å². The van der Waals surface area contributed by atoms with Gasteiger partial charge in [-0.2, -0.15) is 5.10 Å². The Kier molecular flexibility index (Phi) is 2.82. The molecule has 0 aliphatic rings. The molecule has 7 heteroatoms. The zero-order valence-electron chi connectivity index (χ0n) is 9.24. The third-order valence-corrected chi connectivity index (χ3v) is 2.56. The minimum Gasteiger partial charge on any atom is -0.467 e. The zero-order chi connectivity index (χ0) is 12.4. The quantitative estimate of drug-likeness (QED) is 0.646. The Hall–Kier alpha value is -2.31. The third-order valence-electron chi connectivity index (χ3n) is 2.56. The van der Waals surface area contributed by atoms with Crippen LogP contribution >= 0.6 is 0 Å². The highest BCUT2D eigenvalue weighted by Gasteiger charge is 2.24. The molecule has 0 spiro atoms. The lowest BCUT2D eigenvalue weighted by molar-refractivity contribution is -0.384. The molecule has 0 aromatic carbocycles. The maximum absolute atomic E-state index is 10.7. The predicted octanol–water partition coefficient (Wildman–Crippen LogP) is 1.97. The van der Waals surface area contributed by atoms with Gasteiger partial charge < -0.3 is 10.2 Å². The van der Waals surface area contributed by atoms with Gasteiger partial charge in [0, 0.05) is 0 Å². The summed E-state index contributed by atoms with van der Waals surface area (Å²) in [5.74, 6) is 0.718. The number of nitrogen functional groups attached to an aromatic ring is 1. The Labute approximate surface area is 97.0 Å². The van der Waals surface area contributed by atoms with Crippen molar-refractivity contribution in [3.63, 3.8) is 0 Å². The highest BCUT2D eigenvalue weighted by molar-refractivity contribution is 5.51. The van der Waals surface area contributed by atoms with Crippen LogP contribution in [0, 0.1) is 10.1 Å². The monoisotopic (exact) mass is 236 g/mol. The molecule has 17 heavy (non-hydrogen) atoms. The number of nitro groups is 1. The van der Waals surface area contributed by atoms with Crippen LogP contribution in [0.4, 0.5) is 11.5 Å². The van der Waals surface area contributed by atoms with Gasteiger partial charge in [-0.15, -0.1) is 0 Å². The van der Waals surface area contributed by atoms with Crippen LogP contribution in [0.2, 0.25) is 0 Å². The van der Waals surface area contributed by atoms with E-state index in [1.54, 1.807) is 18.4 Å². The lowest BCUT2D eigenvalue weighted by Crippen LogP contribution is -2.13. The summed E-state index contributed by atoms with van der Waals surface area (Å²) in [4.78, 5) is 10.1. The number of hydrogen-bond donors (Lipinski definition) is 1. The average molecular weight is 236 g/mol. The second kappa shape index (κ2) is 4.28. The Morgan fingerprint density at radius 2 is 2.47 bits per heavy atom. The van der Waals surface area contributed by atoms with Crippen molar-refractivity contribution in [2.45, 2.75) is 19.4 Å². The van der Waals surface area contributed by atoms with Gasteiger partial charge in [-0.1, -0.05) is 6.92 Å². The fourth-order valence-corrected chi connectivity index (χ4v) is 1.73. The number of aromatic nitrogens is 2. The first-order valence-electron chi connectivity index (χ1n) is 5.16. The molecule has 0 aliphatic heterocycles. The maximum atomic E-state index is 10.7. The minimum absolute atomic E-state index is 0.0400. The average Bonchev–Trinajstić information content (AvgIpc) is 2.91. The van der Waals surface area contributed by atoms with Crippen molar-refractivity contribution in [1.29, 1.82) is 0 Å². The molecule has 2 N–H and O–H groups in total. The first-order chi connectivity index (χ1) is 8.15. The van der Waals surface area contributed by atoms with Crippen LogP contribution in [0.3, 0.4) is 0 Å².